The van der Waals surface area contributed by atoms with Gasteiger partial charge in [0.1, 0.15) is 11.6 Å². The molecule has 4 heteroatoms. The van der Waals surface area contributed by atoms with Crippen LogP contribution in [-0.2, 0) is 11.2 Å². The molecule has 0 radical (unpaired) electrons. The van der Waals surface area contributed by atoms with Gasteiger partial charge in [0.05, 0.1) is 0 Å². The van der Waals surface area contributed by atoms with Crippen LogP contribution < -0.4 is 4.74 Å². The maximum Gasteiger partial charge on any atom is 0.260 e. The van der Waals surface area contributed by atoms with E-state index < -0.39 is 0 Å². The van der Waals surface area contributed by atoms with Gasteiger partial charge in [0.25, 0.3) is 5.91 Å². The van der Waals surface area contributed by atoms with Gasteiger partial charge in [-0.2, -0.15) is 0 Å². The third kappa shape index (κ3) is 4.09. The van der Waals surface area contributed by atoms with Crippen molar-refractivity contribution in [2.75, 3.05) is 13.2 Å². The minimum absolute atomic E-state index is 0.00305. The molecular weight excluding hydrogens is 293 g/mol. The maximum atomic E-state index is 12.9. The first-order valence-corrected chi connectivity index (χ1v) is 7.94. The summed E-state index contributed by atoms with van der Waals surface area (Å²) in [6.07, 6.45) is 2.93. The second kappa shape index (κ2) is 7.27. The lowest BCUT2D eigenvalue weighted by atomic mass is 10.0. The molecule has 23 heavy (non-hydrogen) atoms. The van der Waals surface area contributed by atoms with Crippen molar-refractivity contribution in [1.82, 2.24) is 4.90 Å². The van der Waals surface area contributed by atoms with E-state index in [0.717, 1.165) is 25.8 Å². The molecule has 120 valence electrons. The summed E-state index contributed by atoms with van der Waals surface area (Å²) in [5, 5.41) is 0. The van der Waals surface area contributed by atoms with E-state index in [9.17, 15) is 9.18 Å². The molecule has 1 atom stereocenters. The van der Waals surface area contributed by atoms with Crippen LogP contribution in [0, 0.1) is 5.82 Å². The number of likely N-dealkylation sites (tertiary alicyclic amines) is 1. The van der Waals surface area contributed by atoms with Crippen molar-refractivity contribution < 1.29 is 13.9 Å². The molecule has 0 aromatic heterocycles. The van der Waals surface area contributed by atoms with Crippen LogP contribution in [0.2, 0.25) is 0 Å². The predicted octanol–water partition coefficient (Wildman–Crippen LogP) is 3.44. The Morgan fingerprint density at radius 2 is 1.87 bits per heavy atom. The Labute approximate surface area is 135 Å². The SMILES string of the molecule is O=C(COc1ccc(F)cc1)N1CCCC1Cc1ccccc1. The van der Waals surface area contributed by atoms with E-state index in [2.05, 4.69) is 12.1 Å². The quantitative estimate of drug-likeness (QED) is 0.846. The number of amides is 1. The van der Waals surface area contributed by atoms with Gasteiger partial charge < -0.3 is 9.64 Å². The van der Waals surface area contributed by atoms with E-state index in [-0.39, 0.29) is 24.4 Å². The number of halogens is 1. The Kier molecular flexibility index (Phi) is 4.91. The van der Waals surface area contributed by atoms with Gasteiger partial charge in [-0.15, -0.1) is 0 Å². The lowest BCUT2D eigenvalue weighted by Crippen LogP contribution is -2.39. The van der Waals surface area contributed by atoms with Gasteiger partial charge in [0, 0.05) is 12.6 Å². The van der Waals surface area contributed by atoms with E-state index >= 15 is 0 Å². The van der Waals surface area contributed by atoms with Crippen LogP contribution in [0.25, 0.3) is 0 Å². The molecule has 0 spiro atoms. The second-order valence-electron chi connectivity index (χ2n) is 5.82. The van der Waals surface area contributed by atoms with E-state index in [0.29, 0.717) is 5.75 Å². The summed E-state index contributed by atoms with van der Waals surface area (Å²) in [6, 6.07) is 16.2. The van der Waals surface area contributed by atoms with Crippen LogP contribution in [0.4, 0.5) is 4.39 Å². The minimum Gasteiger partial charge on any atom is -0.484 e. The molecule has 1 heterocycles. The first-order chi connectivity index (χ1) is 11.2. The topological polar surface area (TPSA) is 29.5 Å². The number of ether oxygens (including phenoxy) is 1. The average molecular weight is 313 g/mol. The third-order valence-corrected chi connectivity index (χ3v) is 4.19. The summed E-state index contributed by atoms with van der Waals surface area (Å²) in [5.74, 6) is 0.192. The highest BCUT2D eigenvalue weighted by atomic mass is 19.1. The fourth-order valence-corrected chi connectivity index (χ4v) is 3.02. The Balaban J connectivity index is 1.56. The summed E-state index contributed by atoms with van der Waals surface area (Å²) < 4.78 is 18.3. The Hall–Kier alpha value is -2.36. The summed E-state index contributed by atoms with van der Waals surface area (Å²) >= 11 is 0. The smallest absolute Gasteiger partial charge is 0.260 e. The van der Waals surface area contributed by atoms with Crippen LogP contribution in [0.3, 0.4) is 0 Å². The van der Waals surface area contributed by atoms with E-state index in [4.69, 9.17) is 4.74 Å². The van der Waals surface area contributed by atoms with Crippen molar-refractivity contribution in [2.24, 2.45) is 0 Å². The molecular formula is C19H20FNO2. The van der Waals surface area contributed by atoms with Gasteiger partial charge in [0.2, 0.25) is 0 Å². The Bertz CT molecular complexity index is 642. The predicted molar refractivity (Wildman–Crippen MR) is 86.8 cm³/mol. The lowest BCUT2D eigenvalue weighted by Gasteiger charge is -2.25. The lowest BCUT2D eigenvalue weighted by molar-refractivity contribution is -0.134. The van der Waals surface area contributed by atoms with E-state index in [1.165, 1.54) is 29.8 Å². The van der Waals surface area contributed by atoms with Crippen LogP contribution in [0.15, 0.2) is 54.6 Å². The number of carbonyl (C=O) groups excluding carboxylic acids is 1. The zero-order valence-electron chi connectivity index (χ0n) is 13.0. The fraction of sp³-hybridized carbons (Fsp3) is 0.316. The second-order valence-corrected chi connectivity index (χ2v) is 5.82. The number of hydrogen-bond acceptors (Lipinski definition) is 2. The Morgan fingerprint density at radius 1 is 1.13 bits per heavy atom. The fourth-order valence-electron chi connectivity index (χ4n) is 3.02. The molecule has 3 nitrogen and oxygen atoms in total. The molecule has 0 saturated carbocycles. The van der Waals surface area contributed by atoms with Crippen LogP contribution in [0.5, 0.6) is 5.75 Å². The Morgan fingerprint density at radius 3 is 2.61 bits per heavy atom. The largest absolute Gasteiger partial charge is 0.484 e. The highest BCUT2D eigenvalue weighted by Crippen LogP contribution is 2.21. The highest BCUT2D eigenvalue weighted by molar-refractivity contribution is 5.78. The first-order valence-electron chi connectivity index (χ1n) is 7.94. The molecule has 0 bridgehead atoms. The molecule has 1 aliphatic rings. The molecule has 2 aromatic carbocycles. The van der Waals surface area contributed by atoms with E-state index in [1.54, 1.807) is 0 Å². The van der Waals surface area contributed by atoms with Crippen molar-refractivity contribution in [3.63, 3.8) is 0 Å². The molecule has 1 amide bonds. The number of carbonyl (C=O) groups is 1. The number of hydrogen-bond donors (Lipinski definition) is 0. The summed E-state index contributed by atoms with van der Waals surface area (Å²) in [5.41, 5.74) is 1.25. The molecule has 3 rings (SSSR count). The van der Waals surface area contributed by atoms with Crippen molar-refractivity contribution in [2.45, 2.75) is 25.3 Å². The molecule has 0 N–H and O–H groups in total. The standard InChI is InChI=1S/C19H20FNO2/c20-16-8-10-18(11-9-16)23-14-19(22)21-12-4-7-17(21)13-15-5-2-1-3-6-15/h1-3,5-6,8-11,17H,4,7,12-14H2. The van der Waals surface area contributed by atoms with Gasteiger partial charge in [-0.3, -0.25) is 4.79 Å². The first kappa shape index (κ1) is 15.5. The van der Waals surface area contributed by atoms with Gasteiger partial charge in [-0.25, -0.2) is 4.39 Å². The van der Waals surface area contributed by atoms with Gasteiger partial charge >= 0.3 is 0 Å². The average Bonchev–Trinajstić information content (AvgIpc) is 3.03. The van der Waals surface area contributed by atoms with Gasteiger partial charge in [-0.1, -0.05) is 30.3 Å². The third-order valence-electron chi connectivity index (χ3n) is 4.19. The summed E-state index contributed by atoms with van der Waals surface area (Å²) in [4.78, 5) is 14.3. The normalized spacial score (nSPS) is 17.3. The van der Waals surface area contributed by atoms with Gasteiger partial charge in [0.15, 0.2) is 6.61 Å². The summed E-state index contributed by atoms with van der Waals surface area (Å²) in [6.45, 7) is 0.778. The maximum absolute atomic E-state index is 12.9. The monoisotopic (exact) mass is 313 g/mol. The molecule has 1 unspecified atom stereocenters. The van der Waals surface area contributed by atoms with Gasteiger partial charge in [-0.05, 0) is 49.1 Å². The number of benzene rings is 2. The summed E-state index contributed by atoms with van der Waals surface area (Å²) in [7, 11) is 0. The van der Waals surface area contributed by atoms with Crippen LogP contribution >= 0.6 is 0 Å². The molecule has 2 aromatic rings. The zero-order valence-corrected chi connectivity index (χ0v) is 13.0. The molecule has 1 fully saturated rings. The van der Waals surface area contributed by atoms with Crippen molar-refractivity contribution in [3.05, 3.63) is 66.0 Å². The molecule has 1 aliphatic heterocycles. The number of nitrogens with zero attached hydrogens (tertiary/aromatic N) is 1. The van der Waals surface area contributed by atoms with Crippen LogP contribution in [-0.4, -0.2) is 30.0 Å². The number of rotatable bonds is 5. The van der Waals surface area contributed by atoms with Crippen molar-refractivity contribution >= 4 is 5.91 Å². The highest BCUT2D eigenvalue weighted by Gasteiger charge is 2.28. The molecule has 1 saturated heterocycles. The van der Waals surface area contributed by atoms with Crippen molar-refractivity contribution in [1.29, 1.82) is 0 Å². The molecule has 0 aliphatic carbocycles. The zero-order chi connectivity index (χ0) is 16.1. The minimum atomic E-state index is -0.314. The van der Waals surface area contributed by atoms with Crippen LogP contribution in [0.1, 0.15) is 18.4 Å². The van der Waals surface area contributed by atoms with E-state index in [1.807, 2.05) is 23.1 Å². The van der Waals surface area contributed by atoms with Crippen molar-refractivity contribution in [3.8, 4) is 5.75 Å².